The molecule has 1 N–H and O–H groups in total. The van der Waals surface area contributed by atoms with Gasteiger partial charge in [0, 0.05) is 10.4 Å². The molecule has 116 valence electrons. The molecule has 0 aliphatic rings. The molecule has 1 aromatic heterocycles. The molecule has 0 saturated carbocycles. The summed E-state index contributed by atoms with van der Waals surface area (Å²) < 4.78 is 6.03. The second-order valence-corrected chi connectivity index (χ2v) is 5.99. The van der Waals surface area contributed by atoms with Crippen LogP contribution in [0.3, 0.4) is 0 Å². The van der Waals surface area contributed by atoms with Crippen molar-refractivity contribution in [3.05, 3.63) is 65.0 Å². The van der Waals surface area contributed by atoms with Gasteiger partial charge in [-0.05, 0) is 42.6 Å². The van der Waals surface area contributed by atoms with E-state index in [0.29, 0.717) is 22.7 Å². The summed E-state index contributed by atoms with van der Waals surface area (Å²) in [5, 5.41) is 3.86. The highest BCUT2D eigenvalue weighted by atomic mass is 32.1. The van der Waals surface area contributed by atoms with Gasteiger partial charge in [-0.25, -0.2) is 4.79 Å². The van der Waals surface area contributed by atoms with Crippen molar-refractivity contribution in [2.75, 3.05) is 11.9 Å². The van der Waals surface area contributed by atoms with E-state index in [2.05, 4.69) is 5.32 Å². The smallest absolute Gasteiger partial charge is 0.338 e. The predicted octanol–water partition coefficient (Wildman–Crippen LogP) is 4.33. The van der Waals surface area contributed by atoms with Crippen molar-refractivity contribution in [2.24, 2.45) is 0 Å². The van der Waals surface area contributed by atoms with Crippen LogP contribution in [0.5, 0.6) is 0 Å². The maximum Gasteiger partial charge on any atom is 0.338 e. The molecule has 0 aliphatic heterocycles. The highest BCUT2D eigenvalue weighted by molar-refractivity contribution is 7.20. The molecule has 4 nitrogen and oxygen atoms in total. The normalized spacial score (nSPS) is 10.5. The summed E-state index contributed by atoms with van der Waals surface area (Å²) in [7, 11) is 0. The SMILES string of the molecule is CCOC(=O)c1cccc(NC(=O)c2cc3ccccc3s2)c1. The van der Waals surface area contributed by atoms with E-state index in [0.717, 1.165) is 10.1 Å². The number of amides is 1. The summed E-state index contributed by atoms with van der Waals surface area (Å²) in [6, 6.07) is 16.5. The Morgan fingerprint density at radius 3 is 2.70 bits per heavy atom. The van der Waals surface area contributed by atoms with E-state index in [4.69, 9.17) is 4.74 Å². The lowest BCUT2D eigenvalue weighted by molar-refractivity contribution is 0.0526. The summed E-state index contributed by atoms with van der Waals surface area (Å²) in [5.74, 6) is -0.585. The molecule has 0 bridgehead atoms. The van der Waals surface area contributed by atoms with Gasteiger partial charge in [-0.2, -0.15) is 0 Å². The van der Waals surface area contributed by atoms with Gasteiger partial charge >= 0.3 is 5.97 Å². The molecule has 0 aliphatic carbocycles. The number of benzene rings is 2. The third kappa shape index (κ3) is 3.40. The van der Waals surface area contributed by atoms with Gasteiger partial charge in [0.2, 0.25) is 0 Å². The zero-order chi connectivity index (χ0) is 16.2. The first-order valence-corrected chi connectivity index (χ1v) is 8.06. The molecule has 0 fully saturated rings. The molecule has 0 saturated heterocycles. The average molecular weight is 325 g/mol. The van der Waals surface area contributed by atoms with Crippen molar-refractivity contribution in [1.29, 1.82) is 0 Å². The van der Waals surface area contributed by atoms with Crippen LogP contribution in [-0.4, -0.2) is 18.5 Å². The van der Waals surface area contributed by atoms with E-state index in [9.17, 15) is 9.59 Å². The summed E-state index contributed by atoms with van der Waals surface area (Å²) in [6.45, 7) is 2.07. The van der Waals surface area contributed by atoms with Crippen molar-refractivity contribution in [3.8, 4) is 0 Å². The number of rotatable bonds is 4. The molecule has 1 amide bonds. The topological polar surface area (TPSA) is 55.4 Å². The van der Waals surface area contributed by atoms with Crippen molar-refractivity contribution >= 4 is 39.0 Å². The highest BCUT2D eigenvalue weighted by Crippen LogP contribution is 2.26. The Bertz CT molecular complexity index is 836. The third-order valence-corrected chi connectivity index (χ3v) is 4.40. The zero-order valence-electron chi connectivity index (χ0n) is 12.5. The molecule has 3 rings (SSSR count). The van der Waals surface area contributed by atoms with Crippen molar-refractivity contribution < 1.29 is 14.3 Å². The molecule has 0 atom stereocenters. The fourth-order valence-corrected chi connectivity index (χ4v) is 3.18. The first-order chi connectivity index (χ1) is 11.2. The van der Waals surface area contributed by atoms with Crippen LogP contribution in [0.15, 0.2) is 54.6 Å². The van der Waals surface area contributed by atoms with E-state index < -0.39 is 5.97 Å². The number of hydrogen-bond acceptors (Lipinski definition) is 4. The Kier molecular flexibility index (Phi) is 4.39. The van der Waals surface area contributed by atoms with E-state index in [1.54, 1.807) is 31.2 Å². The van der Waals surface area contributed by atoms with Gasteiger partial charge in [0.05, 0.1) is 17.0 Å². The summed E-state index contributed by atoms with van der Waals surface area (Å²) in [5.41, 5.74) is 0.985. The highest BCUT2D eigenvalue weighted by Gasteiger charge is 2.12. The monoisotopic (exact) mass is 325 g/mol. The number of esters is 1. The minimum Gasteiger partial charge on any atom is -0.462 e. The quantitative estimate of drug-likeness (QED) is 0.726. The first kappa shape index (κ1) is 15.2. The molecule has 23 heavy (non-hydrogen) atoms. The molecular weight excluding hydrogens is 310 g/mol. The third-order valence-electron chi connectivity index (χ3n) is 3.28. The maximum absolute atomic E-state index is 12.4. The molecule has 1 heterocycles. The van der Waals surface area contributed by atoms with E-state index in [1.165, 1.54) is 11.3 Å². The van der Waals surface area contributed by atoms with Crippen LogP contribution in [0, 0.1) is 0 Å². The average Bonchev–Trinajstić information content (AvgIpc) is 2.99. The van der Waals surface area contributed by atoms with Gasteiger partial charge in [-0.15, -0.1) is 11.3 Å². The van der Waals surface area contributed by atoms with Crippen LogP contribution in [0.1, 0.15) is 27.0 Å². The zero-order valence-corrected chi connectivity index (χ0v) is 13.4. The van der Waals surface area contributed by atoms with Gasteiger partial charge < -0.3 is 10.1 Å². The number of ether oxygens (including phenoxy) is 1. The molecule has 0 radical (unpaired) electrons. The molecule has 2 aromatic carbocycles. The van der Waals surface area contributed by atoms with Gasteiger partial charge in [0.15, 0.2) is 0 Å². The second-order valence-electron chi connectivity index (χ2n) is 4.90. The van der Waals surface area contributed by atoms with E-state index >= 15 is 0 Å². The number of anilines is 1. The van der Waals surface area contributed by atoms with Crippen LogP contribution in [0.2, 0.25) is 0 Å². The first-order valence-electron chi connectivity index (χ1n) is 7.24. The molecular formula is C18H15NO3S. The Balaban J connectivity index is 1.79. The minimum atomic E-state index is -0.398. The van der Waals surface area contributed by atoms with Crippen molar-refractivity contribution in [1.82, 2.24) is 0 Å². The van der Waals surface area contributed by atoms with Crippen LogP contribution < -0.4 is 5.32 Å². The predicted molar refractivity (Wildman–Crippen MR) is 92.2 cm³/mol. The standard InChI is InChI=1S/C18H15NO3S/c1-2-22-18(21)13-7-5-8-14(10-13)19-17(20)16-11-12-6-3-4-9-15(12)23-16/h3-11H,2H2,1H3,(H,19,20). The van der Waals surface area contributed by atoms with Crippen LogP contribution in [-0.2, 0) is 4.74 Å². The molecule has 5 heteroatoms. The van der Waals surface area contributed by atoms with Gasteiger partial charge in [0.1, 0.15) is 0 Å². The fourth-order valence-electron chi connectivity index (χ4n) is 2.22. The van der Waals surface area contributed by atoms with Gasteiger partial charge in [-0.3, -0.25) is 4.79 Å². The number of hydrogen-bond donors (Lipinski definition) is 1. The van der Waals surface area contributed by atoms with E-state index in [1.807, 2.05) is 30.3 Å². The molecule has 3 aromatic rings. The lowest BCUT2D eigenvalue weighted by atomic mass is 10.2. The van der Waals surface area contributed by atoms with Crippen LogP contribution in [0.25, 0.3) is 10.1 Å². The van der Waals surface area contributed by atoms with Crippen LogP contribution >= 0.6 is 11.3 Å². The Labute approximate surface area is 137 Å². The fraction of sp³-hybridized carbons (Fsp3) is 0.111. The van der Waals surface area contributed by atoms with E-state index in [-0.39, 0.29) is 5.91 Å². The largest absolute Gasteiger partial charge is 0.462 e. The Hall–Kier alpha value is -2.66. The summed E-state index contributed by atoms with van der Waals surface area (Å²) in [4.78, 5) is 24.7. The second kappa shape index (κ2) is 6.62. The van der Waals surface area contributed by atoms with Crippen molar-refractivity contribution in [3.63, 3.8) is 0 Å². The number of thiophene rings is 1. The lowest BCUT2D eigenvalue weighted by Crippen LogP contribution is -2.11. The maximum atomic E-state index is 12.4. The molecule has 0 spiro atoms. The summed E-state index contributed by atoms with van der Waals surface area (Å²) in [6.07, 6.45) is 0. The minimum absolute atomic E-state index is 0.188. The Morgan fingerprint density at radius 2 is 1.91 bits per heavy atom. The van der Waals surface area contributed by atoms with Gasteiger partial charge in [-0.1, -0.05) is 24.3 Å². The number of carbonyl (C=O) groups is 2. The summed E-state index contributed by atoms with van der Waals surface area (Å²) >= 11 is 1.44. The number of carbonyl (C=O) groups excluding carboxylic acids is 2. The van der Waals surface area contributed by atoms with Gasteiger partial charge in [0.25, 0.3) is 5.91 Å². The number of nitrogens with one attached hydrogen (secondary N) is 1. The molecule has 0 unspecified atom stereocenters. The van der Waals surface area contributed by atoms with Crippen molar-refractivity contribution in [2.45, 2.75) is 6.92 Å². The lowest BCUT2D eigenvalue weighted by Gasteiger charge is -2.06. The number of fused-ring (bicyclic) bond motifs is 1. The van der Waals surface area contributed by atoms with Crippen LogP contribution in [0.4, 0.5) is 5.69 Å². The Morgan fingerprint density at radius 1 is 1.09 bits per heavy atom.